The average Bonchev–Trinajstić information content (AvgIpc) is 2.46. The number of rotatable bonds is 17. The van der Waals surface area contributed by atoms with Crippen LogP contribution in [0.2, 0.25) is 0 Å². The van der Waals surface area contributed by atoms with E-state index in [9.17, 15) is 0 Å². The van der Waals surface area contributed by atoms with Gasteiger partial charge in [-0.1, -0.05) is 103 Å². The van der Waals surface area contributed by atoms with Crippen molar-refractivity contribution in [1.29, 1.82) is 0 Å². The van der Waals surface area contributed by atoms with E-state index in [1.165, 1.54) is 109 Å². The molecule has 129 valence electrons. The van der Waals surface area contributed by atoms with Gasteiger partial charge in [-0.3, -0.25) is 0 Å². The first-order valence-electron chi connectivity index (χ1n) is 9.92. The SMILES string of the molecule is CCCCCCCCCCCCCCCCCCN(C)C.[Na]. The van der Waals surface area contributed by atoms with Gasteiger partial charge in [0.25, 0.3) is 0 Å². The molecule has 0 amide bonds. The van der Waals surface area contributed by atoms with Gasteiger partial charge in [0.2, 0.25) is 0 Å². The Labute approximate surface area is 164 Å². The Bertz CT molecular complexity index is 183. The van der Waals surface area contributed by atoms with Crippen molar-refractivity contribution in [3.05, 3.63) is 0 Å². The molecule has 0 aliphatic carbocycles. The van der Waals surface area contributed by atoms with Crippen LogP contribution in [0.1, 0.15) is 110 Å². The summed E-state index contributed by atoms with van der Waals surface area (Å²) in [7, 11) is 4.34. The minimum atomic E-state index is 0. The first-order chi connectivity index (χ1) is 10.3. The van der Waals surface area contributed by atoms with Crippen molar-refractivity contribution >= 4 is 29.6 Å². The number of hydrogen-bond acceptors (Lipinski definition) is 1. The Hall–Kier alpha value is 0.960. The van der Waals surface area contributed by atoms with Gasteiger partial charge < -0.3 is 4.90 Å². The summed E-state index contributed by atoms with van der Waals surface area (Å²) in [5.74, 6) is 0. The van der Waals surface area contributed by atoms with Gasteiger partial charge in [0.05, 0.1) is 0 Å². The van der Waals surface area contributed by atoms with E-state index in [1.807, 2.05) is 0 Å². The molecule has 0 rings (SSSR count). The van der Waals surface area contributed by atoms with E-state index < -0.39 is 0 Å². The van der Waals surface area contributed by atoms with Gasteiger partial charge in [-0.2, -0.15) is 0 Å². The fourth-order valence-electron chi connectivity index (χ4n) is 2.98. The second-order valence-corrected chi connectivity index (χ2v) is 7.11. The van der Waals surface area contributed by atoms with E-state index in [-0.39, 0.29) is 29.6 Å². The van der Waals surface area contributed by atoms with Crippen LogP contribution in [0.15, 0.2) is 0 Å². The molecule has 0 fully saturated rings. The standard InChI is InChI=1S/C20H43N.Na/c1-4-5-6-7-8-9-10-11-12-13-14-15-16-17-18-19-20-21(2)3;/h4-20H2,1-3H3;. The van der Waals surface area contributed by atoms with E-state index in [2.05, 4.69) is 25.9 Å². The molecule has 0 aliphatic rings. The van der Waals surface area contributed by atoms with Gasteiger partial charge in [0.15, 0.2) is 0 Å². The Balaban J connectivity index is 0. The fraction of sp³-hybridized carbons (Fsp3) is 1.00. The molecule has 0 saturated carbocycles. The zero-order valence-corrected chi connectivity index (χ0v) is 18.5. The van der Waals surface area contributed by atoms with Crippen LogP contribution in [-0.4, -0.2) is 55.1 Å². The molecule has 0 bridgehead atoms. The number of hydrogen-bond donors (Lipinski definition) is 0. The Morgan fingerprint density at radius 3 is 1.00 bits per heavy atom. The molecule has 0 unspecified atom stereocenters. The number of nitrogens with zero attached hydrogens (tertiary/aromatic N) is 1. The fourth-order valence-corrected chi connectivity index (χ4v) is 2.98. The molecule has 0 aliphatic heterocycles. The maximum absolute atomic E-state index is 2.30. The summed E-state index contributed by atoms with van der Waals surface area (Å²) in [5.41, 5.74) is 0. The monoisotopic (exact) mass is 320 g/mol. The first kappa shape index (κ1) is 25.2. The third-order valence-corrected chi connectivity index (χ3v) is 4.46. The Morgan fingerprint density at radius 2 is 0.727 bits per heavy atom. The molecule has 0 saturated heterocycles. The summed E-state index contributed by atoms with van der Waals surface area (Å²) in [6.45, 7) is 3.56. The summed E-state index contributed by atoms with van der Waals surface area (Å²) in [6.07, 6.45) is 23.3. The summed E-state index contributed by atoms with van der Waals surface area (Å²) in [6, 6.07) is 0. The first-order valence-corrected chi connectivity index (χ1v) is 9.92. The van der Waals surface area contributed by atoms with Crippen LogP contribution < -0.4 is 0 Å². The van der Waals surface area contributed by atoms with Gasteiger partial charge in [-0.15, -0.1) is 0 Å². The molecule has 0 aromatic carbocycles. The molecule has 1 nitrogen and oxygen atoms in total. The average molecular weight is 321 g/mol. The van der Waals surface area contributed by atoms with Crippen LogP contribution in [0, 0.1) is 0 Å². The van der Waals surface area contributed by atoms with Crippen LogP contribution >= 0.6 is 0 Å². The molecule has 0 heterocycles. The zero-order valence-electron chi connectivity index (χ0n) is 16.5. The second-order valence-electron chi connectivity index (χ2n) is 7.11. The predicted molar refractivity (Wildman–Crippen MR) is 104 cm³/mol. The van der Waals surface area contributed by atoms with E-state index in [0.717, 1.165) is 0 Å². The number of unbranched alkanes of at least 4 members (excludes halogenated alkanes) is 15. The molecule has 0 spiro atoms. The largest absolute Gasteiger partial charge is 0.309 e. The van der Waals surface area contributed by atoms with Crippen molar-refractivity contribution in [3.63, 3.8) is 0 Å². The quantitative estimate of drug-likeness (QED) is 0.220. The van der Waals surface area contributed by atoms with E-state index in [4.69, 9.17) is 0 Å². The smallest absolute Gasteiger partial charge is 0 e. The molecular weight excluding hydrogens is 277 g/mol. The van der Waals surface area contributed by atoms with Crippen molar-refractivity contribution in [3.8, 4) is 0 Å². The van der Waals surface area contributed by atoms with E-state index >= 15 is 0 Å². The van der Waals surface area contributed by atoms with Crippen LogP contribution in [-0.2, 0) is 0 Å². The summed E-state index contributed by atoms with van der Waals surface area (Å²) >= 11 is 0. The topological polar surface area (TPSA) is 3.24 Å². The van der Waals surface area contributed by atoms with E-state index in [1.54, 1.807) is 0 Å². The minimum absolute atomic E-state index is 0. The molecule has 22 heavy (non-hydrogen) atoms. The van der Waals surface area contributed by atoms with Gasteiger partial charge in [0, 0.05) is 29.6 Å². The third kappa shape index (κ3) is 23.2. The molecule has 2 heteroatoms. The summed E-state index contributed by atoms with van der Waals surface area (Å²) in [4.78, 5) is 2.30. The van der Waals surface area contributed by atoms with Crippen molar-refractivity contribution in [1.82, 2.24) is 4.90 Å². The molecule has 0 aromatic rings. The molecule has 0 aromatic heterocycles. The zero-order chi connectivity index (χ0) is 15.6. The predicted octanol–water partition coefficient (Wildman–Crippen LogP) is 6.43. The Kier molecular flexibility index (Phi) is 25.2. The molecular formula is C20H43NNa. The van der Waals surface area contributed by atoms with Gasteiger partial charge >= 0.3 is 0 Å². The van der Waals surface area contributed by atoms with Crippen molar-refractivity contribution in [2.45, 2.75) is 110 Å². The van der Waals surface area contributed by atoms with Crippen LogP contribution in [0.25, 0.3) is 0 Å². The van der Waals surface area contributed by atoms with Crippen LogP contribution in [0.3, 0.4) is 0 Å². The minimum Gasteiger partial charge on any atom is -0.309 e. The van der Waals surface area contributed by atoms with Crippen molar-refractivity contribution in [2.24, 2.45) is 0 Å². The van der Waals surface area contributed by atoms with Gasteiger partial charge in [-0.05, 0) is 27.1 Å². The van der Waals surface area contributed by atoms with Gasteiger partial charge in [-0.25, -0.2) is 0 Å². The van der Waals surface area contributed by atoms with E-state index in [0.29, 0.717) is 0 Å². The van der Waals surface area contributed by atoms with Gasteiger partial charge in [0.1, 0.15) is 0 Å². The molecule has 0 N–H and O–H groups in total. The molecule has 1 radical (unpaired) electrons. The van der Waals surface area contributed by atoms with Crippen molar-refractivity contribution < 1.29 is 0 Å². The summed E-state index contributed by atoms with van der Waals surface area (Å²) in [5, 5.41) is 0. The Morgan fingerprint density at radius 1 is 0.455 bits per heavy atom. The summed E-state index contributed by atoms with van der Waals surface area (Å²) < 4.78 is 0. The second kappa shape index (κ2) is 22.0. The van der Waals surface area contributed by atoms with Crippen LogP contribution in [0.5, 0.6) is 0 Å². The van der Waals surface area contributed by atoms with Crippen LogP contribution in [0.4, 0.5) is 0 Å². The molecule has 0 atom stereocenters. The maximum atomic E-state index is 2.30. The normalized spacial score (nSPS) is 10.9. The maximum Gasteiger partial charge on any atom is 0 e. The van der Waals surface area contributed by atoms with Crippen molar-refractivity contribution in [2.75, 3.05) is 20.6 Å². The third-order valence-electron chi connectivity index (χ3n) is 4.46.